The van der Waals surface area contributed by atoms with Gasteiger partial charge in [0.05, 0.1) is 16.3 Å². The Morgan fingerprint density at radius 2 is 2.03 bits per heavy atom. The zero-order valence-electron chi connectivity index (χ0n) is 16.3. The van der Waals surface area contributed by atoms with Crippen LogP contribution in [0, 0.1) is 0 Å². The maximum atomic E-state index is 10.2. The van der Waals surface area contributed by atoms with Crippen molar-refractivity contribution in [3.8, 4) is 22.4 Å². The Kier molecular flexibility index (Phi) is 5.20. The summed E-state index contributed by atoms with van der Waals surface area (Å²) in [6, 6.07) is 7.42. The molecule has 0 aliphatic carbocycles. The van der Waals surface area contributed by atoms with Gasteiger partial charge in [0.1, 0.15) is 12.2 Å². The van der Waals surface area contributed by atoms with Gasteiger partial charge in [0, 0.05) is 43.7 Å². The zero-order valence-corrected chi connectivity index (χ0v) is 17.1. The van der Waals surface area contributed by atoms with Crippen molar-refractivity contribution in [1.29, 1.82) is 0 Å². The summed E-state index contributed by atoms with van der Waals surface area (Å²) in [6.07, 6.45) is 9.22. The molecule has 1 atom stereocenters. The summed E-state index contributed by atoms with van der Waals surface area (Å²) in [5, 5.41) is 12.2. The third-order valence-electron chi connectivity index (χ3n) is 5.18. The summed E-state index contributed by atoms with van der Waals surface area (Å²) in [4.78, 5) is 25.5. The molecule has 152 valence electrons. The Balaban J connectivity index is 1.30. The molecule has 4 aromatic heterocycles. The van der Waals surface area contributed by atoms with E-state index in [1.807, 2.05) is 28.3 Å². The second kappa shape index (κ2) is 8.29. The van der Waals surface area contributed by atoms with Gasteiger partial charge in [-0.3, -0.25) is 9.47 Å². The van der Waals surface area contributed by atoms with E-state index in [1.54, 1.807) is 42.2 Å². The minimum Gasteiger partial charge on any atom is -0.493 e. The average molecular weight is 420 g/mol. The number of aromatic nitrogens is 6. The van der Waals surface area contributed by atoms with Crippen LogP contribution in [0.5, 0.6) is 5.88 Å². The smallest absolute Gasteiger partial charge is 0.234 e. The van der Waals surface area contributed by atoms with Gasteiger partial charge < -0.3 is 5.11 Å². The van der Waals surface area contributed by atoms with Gasteiger partial charge in [0.25, 0.3) is 0 Å². The summed E-state index contributed by atoms with van der Waals surface area (Å²) < 4.78 is 1.84. The lowest BCUT2D eigenvalue weighted by Crippen LogP contribution is -2.34. The van der Waals surface area contributed by atoms with Crippen molar-refractivity contribution >= 4 is 11.3 Å². The van der Waals surface area contributed by atoms with Gasteiger partial charge in [-0.05, 0) is 36.9 Å². The molecule has 4 aromatic rings. The van der Waals surface area contributed by atoms with Crippen LogP contribution >= 0.6 is 11.3 Å². The lowest BCUT2D eigenvalue weighted by Gasteiger charge is -2.31. The van der Waals surface area contributed by atoms with Crippen LogP contribution in [-0.4, -0.2) is 52.6 Å². The molecule has 1 fully saturated rings. The van der Waals surface area contributed by atoms with E-state index in [2.05, 4.69) is 24.8 Å². The van der Waals surface area contributed by atoms with Crippen LogP contribution < -0.4 is 0 Å². The van der Waals surface area contributed by atoms with Gasteiger partial charge >= 0.3 is 0 Å². The standard InChI is InChI=1S/C21H21N7OS/c29-19-10-17(18-5-2-9-30-18)25-20(26-19)15-4-1-8-27(11-15)12-16-13-28(14-24-16)21-22-6-3-7-23-21/h2-3,5-7,9-10,13-15H,1,4,8,11-12H2,(H,25,26,29). The molecule has 1 N–H and O–H groups in total. The third kappa shape index (κ3) is 4.07. The summed E-state index contributed by atoms with van der Waals surface area (Å²) in [6.45, 7) is 2.58. The van der Waals surface area contributed by atoms with Gasteiger partial charge in [0.15, 0.2) is 0 Å². The van der Waals surface area contributed by atoms with Crippen molar-refractivity contribution in [3.63, 3.8) is 0 Å². The van der Waals surface area contributed by atoms with Gasteiger partial charge in [0.2, 0.25) is 11.8 Å². The number of nitrogens with zero attached hydrogens (tertiary/aromatic N) is 7. The SMILES string of the molecule is Oc1cc(-c2cccs2)nc(C2CCCN(Cc3cn(-c4ncccn4)cn3)C2)n1. The molecule has 0 saturated carbocycles. The van der Waals surface area contributed by atoms with Crippen molar-refractivity contribution in [2.45, 2.75) is 25.3 Å². The maximum Gasteiger partial charge on any atom is 0.234 e. The Labute approximate surface area is 177 Å². The van der Waals surface area contributed by atoms with Gasteiger partial charge in [-0.15, -0.1) is 11.3 Å². The fourth-order valence-corrected chi connectivity index (χ4v) is 4.49. The van der Waals surface area contributed by atoms with Crippen molar-refractivity contribution in [3.05, 3.63) is 66.1 Å². The largest absolute Gasteiger partial charge is 0.493 e. The van der Waals surface area contributed by atoms with Crippen molar-refractivity contribution < 1.29 is 5.11 Å². The second-order valence-corrected chi connectivity index (χ2v) is 8.29. The van der Waals surface area contributed by atoms with Crippen molar-refractivity contribution in [2.24, 2.45) is 0 Å². The molecule has 0 bridgehead atoms. The van der Waals surface area contributed by atoms with Gasteiger partial charge in [-0.2, -0.15) is 4.98 Å². The predicted octanol–water partition coefficient (Wildman–Crippen LogP) is 3.27. The Bertz CT molecular complexity index is 1110. The number of piperidine rings is 1. The van der Waals surface area contributed by atoms with E-state index in [4.69, 9.17) is 4.98 Å². The number of hydrogen-bond acceptors (Lipinski definition) is 8. The van der Waals surface area contributed by atoms with Crippen LogP contribution in [0.1, 0.15) is 30.3 Å². The first-order valence-electron chi connectivity index (χ1n) is 9.89. The van der Waals surface area contributed by atoms with E-state index in [0.29, 0.717) is 11.8 Å². The van der Waals surface area contributed by atoms with Gasteiger partial charge in [-0.1, -0.05) is 6.07 Å². The molecule has 9 heteroatoms. The predicted molar refractivity (Wildman–Crippen MR) is 113 cm³/mol. The molecule has 0 aromatic carbocycles. The Morgan fingerprint density at radius 1 is 1.13 bits per heavy atom. The van der Waals surface area contributed by atoms with E-state index in [0.717, 1.165) is 48.7 Å². The first-order chi connectivity index (χ1) is 14.7. The number of imidazole rings is 1. The minimum absolute atomic E-state index is 0.0297. The van der Waals surface area contributed by atoms with Crippen LogP contribution in [0.4, 0.5) is 0 Å². The molecule has 5 rings (SSSR count). The van der Waals surface area contributed by atoms with E-state index in [9.17, 15) is 5.11 Å². The number of likely N-dealkylation sites (tertiary alicyclic amines) is 1. The quantitative estimate of drug-likeness (QED) is 0.531. The summed E-state index contributed by atoms with van der Waals surface area (Å²) in [5.74, 6) is 1.54. The normalized spacial score (nSPS) is 17.3. The third-order valence-corrected chi connectivity index (χ3v) is 6.07. The highest BCUT2D eigenvalue weighted by molar-refractivity contribution is 7.13. The van der Waals surface area contributed by atoms with Crippen LogP contribution in [0.3, 0.4) is 0 Å². The first-order valence-corrected chi connectivity index (χ1v) is 10.8. The lowest BCUT2D eigenvalue weighted by atomic mass is 9.97. The van der Waals surface area contributed by atoms with E-state index < -0.39 is 0 Å². The van der Waals surface area contributed by atoms with Crippen LogP contribution in [-0.2, 0) is 6.54 Å². The number of aromatic hydroxyl groups is 1. The topological polar surface area (TPSA) is 92.9 Å². The van der Waals surface area contributed by atoms with E-state index >= 15 is 0 Å². The molecule has 0 spiro atoms. The summed E-state index contributed by atoms with van der Waals surface area (Å²) >= 11 is 1.61. The molecule has 1 aliphatic heterocycles. The van der Waals surface area contributed by atoms with Gasteiger partial charge in [-0.25, -0.2) is 19.9 Å². The highest BCUT2D eigenvalue weighted by Crippen LogP contribution is 2.30. The van der Waals surface area contributed by atoms with Crippen molar-refractivity contribution in [2.75, 3.05) is 13.1 Å². The molecule has 30 heavy (non-hydrogen) atoms. The minimum atomic E-state index is 0.0297. The summed E-state index contributed by atoms with van der Waals surface area (Å²) in [5.41, 5.74) is 1.76. The highest BCUT2D eigenvalue weighted by atomic mass is 32.1. The monoisotopic (exact) mass is 419 g/mol. The Hall–Kier alpha value is -3.17. The fourth-order valence-electron chi connectivity index (χ4n) is 3.80. The fraction of sp³-hybridized carbons (Fsp3) is 0.286. The molecule has 1 saturated heterocycles. The molecule has 1 unspecified atom stereocenters. The van der Waals surface area contributed by atoms with Crippen LogP contribution in [0.15, 0.2) is 54.6 Å². The van der Waals surface area contributed by atoms with E-state index in [1.165, 1.54) is 0 Å². The first kappa shape index (κ1) is 18.8. The summed E-state index contributed by atoms with van der Waals surface area (Å²) in [7, 11) is 0. The molecule has 0 radical (unpaired) electrons. The molecular formula is C21H21N7OS. The Morgan fingerprint density at radius 3 is 2.87 bits per heavy atom. The molecule has 0 amide bonds. The highest BCUT2D eigenvalue weighted by Gasteiger charge is 2.25. The molecular weight excluding hydrogens is 398 g/mol. The molecule has 1 aliphatic rings. The number of thiophene rings is 1. The lowest BCUT2D eigenvalue weighted by molar-refractivity contribution is 0.194. The number of rotatable bonds is 5. The average Bonchev–Trinajstić information content (AvgIpc) is 3.47. The number of hydrogen-bond donors (Lipinski definition) is 1. The maximum absolute atomic E-state index is 10.2. The van der Waals surface area contributed by atoms with E-state index in [-0.39, 0.29) is 11.8 Å². The zero-order chi connectivity index (χ0) is 20.3. The molecule has 8 nitrogen and oxygen atoms in total. The van der Waals surface area contributed by atoms with Crippen molar-refractivity contribution in [1.82, 2.24) is 34.4 Å². The molecule has 5 heterocycles. The van der Waals surface area contributed by atoms with Crippen LogP contribution in [0.2, 0.25) is 0 Å². The second-order valence-electron chi connectivity index (χ2n) is 7.34. The van der Waals surface area contributed by atoms with Crippen LogP contribution in [0.25, 0.3) is 16.5 Å².